The summed E-state index contributed by atoms with van der Waals surface area (Å²) in [5.41, 5.74) is 5.19. The van der Waals surface area contributed by atoms with Crippen molar-refractivity contribution >= 4 is 24.9 Å². The van der Waals surface area contributed by atoms with Crippen LogP contribution >= 0.6 is 7.82 Å². The standard InChI is InChI=1S/C13H18N5O8P/c1-4(2)8(26-27(22,23)24)9-6(19)7(20)12(25-9)18-3-15-5-10(18)16-13(14)17-11(5)21/h3,6-7,9,12,19-20H,1-2H3,(H2,22,23,24)(H3,14,16,17,21)/t6-,7+,9-,12+/m0/s1. The third kappa shape index (κ3) is 3.60. The SMILES string of the molecule is CC(C)=C(OP(=O)(O)O)[C@H]1O[C@@H](n2cnc3c(=O)[nH]c(N)nc32)[C@H](O)[C@@H]1O. The lowest BCUT2D eigenvalue weighted by atomic mass is 10.1. The molecule has 1 aliphatic rings. The Labute approximate surface area is 151 Å². The normalized spacial score (nSPS) is 25.7. The predicted molar refractivity (Wildman–Crippen MR) is 90.0 cm³/mol. The largest absolute Gasteiger partial charge is 0.524 e. The number of imidazole rings is 1. The van der Waals surface area contributed by atoms with E-state index in [2.05, 4.69) is 19.5 Å². The number of allylic oxidation sites excluding steroid dienone is 1. The second kappa shape index (κ2) is 6.71. The number of aromatic amines is 1. The van der Waals surface area contributed by atoms with Crippen molar-refractivity contribution in [3.05, 3.63) is 28.0 Å². The van der Waals surface area contributed by atoms with Gasteiger partial charge in [0.05, 0.1) is 6.33 Å². The first kappa shape index (κ1) is 19.5. The second-order valence-corrected chi connectivity index (χ2v) is 7.31. The first-order valence-electron chi connectivity index (χ1n) is 7.66. The van der Waals surface area contributed by atoms with Crippen molar-refractivity contribution in [3.8, 4) is 0 Å². The molecule has 1 aliphatic heterocycles. The second-order valence-electron chi connectivity index (χ2n) is 6.15. The summed E-state index contributed by atoms with van der Waals surface area (Å²) in [5.74, 6) is -0.499. The number of nitrogens with two attached hydrogens (primary N) is 1. The number of aliphatic hydroxyl groups is 2. The lowest BCUT2D eigenvalue weighted by Crippen LogP contribution is -2.33. The van der Waals surface area contributed by atoms with E-state index in [0.717, 1.165) is 0 Å². The van der Waals surface area contributed by atoms with Crippen molar-refractivity contribution in [2.75, 3.05) is 5.73 Å². The Balaban J connectivity index is 2.02. The van der Waals surface area contributed by atoms with Crippen LogP contribution in [-0.4, -0.2) is 57.8 Å². The quantitative estimate of drug-likeness (QED) is 0.262. The van der Waals surface area contributed by atoms with Crippen molar-refractivity contribution in [1.82, 2.24) is 19.5 Å². The highest BCUT2D eigenvalue weighted by atomic mass is 31.2. The molecule has 0 saturated carbocycles. The fourth-order valence-corrected chi connectivity index (χ4v) is 3.33. The fraction of sp³-hybridized carbons (Fsp3) is 0.462. The zero-order valence-electron chi connectivity index (χ0n) is 14.2. The smallest absolute Gasteiger partial charge is 0.406 e. The van der Waals surface area contributed by atoms with Crippen LogP contribution in [0.15, 0.2) is 22.5 Å². The van der Waals surface area contributed by atoms with E-state index in [1.807, 2.05) is 0 Å². The minimum Gasteiger partial charge on any atom is -0.406 e. The summed E-state index contributed by atoms with van der Waals surface area (Å²) in [5, 5.41) is 20.7. The molecule has 2 aromatic heterocycles. The molecule has 3 rings (SSSR count). The van der Waals surface area contributed by atoms with Crippen LogP contribution in [0.4, 0.5) is 5.95 Å². The van der Waals surface area contributed by atoms with Gasteiger partial charge in [-0.2, -0.15) is 4.98 Å². The lowest BCUT2D eigenvalue weighted by Gasteiger charge is -2.21. The zero-order valence-corrected chi connectivity index (χ0v) is 15.1. The van der Waals surface area contributed by atoms with Crippen LogP contribution in [0.3, 0.4) is 0 Å². The van der Waals surface area contributed by atoms with Crippen LogP contribution in [0.2, 0.25) is 0 Å². The molecule has 0 radical (unpaired) electrons. The van der Waals surface area contributed by atoms with Crippen molar-refractivity contribution < 1.29 is 33.8 Å². The number of H-pyrrole nitrogens is 1. The monoisotopic (exact) mass is 403 g/mol. The van der Waals surface area contributed by atoms with Crippen LogP contribution in [0.1, 0.15) is 20.1 Å². The van der Waals surface area contributed by atoms with E-state index in [1.54, 1.807) is 0 Å². The summed E-state index contributed by atoms with van der Waals surface area (Å²) in [6, 6.07) is 0. The number of nitrogens with zero attached hydrogens (tertiary/aromatic N) is 3. The van der Waals surface area contributed by atoms with Gasteiger partial charge in [0.25, 0.3) is 5.56 Å². The van der Waals surface area contributed by atoms with E-state index in [1.165, 1.54) is 24.7 Å². The molecule has 1 fully saturated rings. The van der Waals surface area contributed by atoms with Gasteiger partial charge in [0.15, 0.2) is 17.4 Å². The third-order valence-electron chi connectivity index (χ3n) is 3.93. The van der Waals surface area contributed by atoms with Crippen molar-refractivity contribution in [3.63, 3.8) is 0 Å². The lowest BCUT2D eigenvalue weighted by molar-refractivity contribution is -0.0343. The van der Waals surface area contributed by atoms with Gasteiger partial charge in [-0.15, -0.1) is 0 Å². The molecule has 7 N–H and O–H groups in total. The summed E-state index contributed by atoms with van der Waals surface area (Å²) in [7, 11) is -4.93. The Morgan fingerprint density at radius 1 is 1.37 bits per heavy atom. The molecular formula is C13H18N5O8P. The van der Waals surface area contributed by atoms with Crippen molar-refractivity contribution in [2.45, 2.75) is 38.4 Å². The number of anilines is 1. The summed E-state index contributed by atoms with van der Waals surface area (Å²) in [6.45, 7) is 2.99. The van der Waals surface area contributed by atoms with Gasteiger partial charge >= 0.3 is 7.82 Å². The molecule has 1 saturated heterocycles. The molecule has 148 valence electrons. The number of nitrogens with one attached hydrogen (secondary N) is 1. The molecule has 0 amide bonds. The highest BCUT2D eigenvalue weighted by Crippen LogP contribution is 2.44. The van der Waals surface area contributed by atoms with Gasteiger partial charge < -0.3 is 25.2 Å². The molecule has 0 unspecified atom stereocenters. The Morgan fingerprint density at radius 2 is 2.04 bits per heavy atom. The van der Waals surface area contributed by atoms with Gasteiger partial charge in [0.2, 0.25) is 5.95 Å². The number of ether oxygens (including phenoxy) is 1. The number of aliphatic hydroxyl groups excluding tert-OH is 2. The average Bonchev–Trinajstić information content (AvgIpc) is 3.07. The van der Waals surface area contributed by atoms with E-state index >= 15 is 0 Å². The number of hydrogen-bond acceptors (Lipinski definition) is 9. The van der Waals surface area contributed by atoms with Crippen LogP contribution in [-0.2, 0) is 13.8 Å². The minimum absolute atomic E-state index is 0.00260. The molecule has 3 heterocycles. The Hall–Kier alpha value is -2.28. The van der Waals surface area contributed by atoms with Crippen LogP contribution in [0.25, 0.3) is 11.2 Å². The fourth-order valence-electron chi connectivity index (χ4n) is 2.79. The zero-order chi connectivity index (χ0) is 20.1. The Morgan fingerprint density at radius 3 is 2.63 bits per heavy atom. The van der Waals surface area contributed by atoms with Crippen LogP contribution in [0, 0.1) is 0 Å². The predicted octanol–water partition coefficient (Wildman–Crippen LogP) is -1.28. The number of rotatable bonds is 4. The molecule has 0 aliphatic carbocycles. The summed E-state index contributed by atoms with van der Waals surface area (Å²) in [6.07, 6.45) is -4.59. The maximum Gasteiger partial charge on any atom is 0.524 e. The molecule has 13 nitrogen and oxygen atoms in total. The summed E-state index contributed by atoms with van der Waals surface area (Å²) >= 11 is 0. The van der Waals surface area contributed by atoms with Crippen LogP contribution in [0.5, 0.6) is 0 Å². The number of phosphoric acid groups is 1. The molecule has 2 aromatic rings. The molecule has 14 heteroatoms. The van der Waals surface area contributed by atoms with E-state index in [4.69, 9.17) is 20.3 Å². The van der Waals surface area contributed by atoms with Crippen molar-refractivity contribution in [2.24, 2.45) is 0 Å². The number of hydrogen-bond donors (Lipinski definition) is 6. The van der Waals surface area contributed by atoms with Gasteiger partial charge in [-0.3, -0.25) is 24.1 Å². The van der Waals surface area contributed by atoms with Gasteiger partial charge in [0, 0.05) is 0 Å². The maximum absolute atomic E-state index is 11.9. The van der Waals surface area contributed by atoms with Crippen molar-refractivity contribution in [1.29, 1.82) is 0 Å². The summed E-state index contributed by atoms with van der Waals surface area (Å²) < 4.78 is 22.6. The Bertz CT molecular complexity index is 1010. The molecular weight excluding hydrogens is 385 g/mol. The highest BCUT2D eigenvalue weighted by Gasteiger charge is 2.48. The molecule has 0 bridgehead atoms. The van der Waals surface area contributed by atoms with Crippen LogP contribution < -0.4 is 11.3 Å². The molecule has 27 heavy (non-hydrogen) atoms. The third-order valence-corrected chi connectivity index (χ3v) is 4.37. The molecule has 0 spiro atoms. The number of aromatic nitrogens is 4. The number of fused-ring (bicyclic) bond motifs is 1. The first-order chi connectivity index (χ1) is 12.5. The van der Waals surface area contributed by atoms with E-state index in [-0.39, 0.29) is 22.9 Å². The number of nitrogen functional groups attached to an aromatic ring is 1. The maximum atomic E-state index is 11.9. The topological polar surface area (TPSA) is 206 Å². The van der Waals surface area contributed by atoms with E-state index in [9.17, 15) is 19.6 Å². The van der Waals surface area contributed by atoms with Gasteiger partial charge in [-0.25, -0.2) is 9.55 Å². The summed E-state index contributed by atoms with van der Waals surface area (Å²) in [4.78, 5) is 40.1. The first-order valence-corrected chi connectivity index (χ1v) is 9.19. The highest BCUT2D eigenvalue weighted by molar-refractivity contribution is 7.46. The number of phosphoric ester groups is 1. The Kier molecular flexibility index (Phi) is 4.84. The minimum atomic E-state index is -4.93. The van der Waals surface area contributed by atoms with Gasteiger partial charge in [-0.05, 0) is 19.4 Å². The molecule has 0 aromatic carbocycles. The average molecular weight is 403 g/mol. The molecule has 4 atom stereocenters. The van der Waals surface area contributed by atoms with Gasteiger partial charge in [0.1, 0.15) is 24.1 Å². The van der Waals surface area contributed by atoms with E-state index in [0.29, 0.717) is 5.57 Å². The van der Waals surface area contributed by atoms with Gasteiger partial charge in [-0.1, -0.05) is 0 Å². The van der Waals surface area contributed by atoms with E-state index < -0.39 is 37.9 Å².